The van der Waals surface area contributed by atoms with Crippen molar-refractivity contribution in [2.45, 2.75) is 13.5 Å². The lowest BCUT2D eigenvalue weighted by Gasteiger charge is -2.28. The largest absolute Gasteiger partial charge is 0.492 e. The highest BCUT2D eigenvalue weighted by molar-refractivity contribution is 5.48. The highest BCUT2D eigenvalue weighted by Crippen LogP contribution is 2.28. The number of hydrogen-bond donors (Lipinski definition) is 0. The molecule has 0 amide bonds. The summed E-state index contributed by atoms with van der Waals surface area (Å²) < 4.78 is 11.2. The molecule has 0 N–H and O–H groups in total. The Hall–Kier alpha value is -2.86. The van der Waals surface area contributed by atoms with E-state index in [0.29, 0.717) is 18.9 Å². The van der Waals surface area contributed by atoms with Crippen LogP contribution in [0.15, 0.2) is 60.6 Å². The van der Waals surface area contributed by atoms with Crippen molar-refractivity contribution in [1.82, 2.24) is 4.90 Å². The summed E-state index contributed by atoms with van der Waals surface area (Å²) in [6.07, 6.45) is 1.47. The Kier molecular flexibility index (Phi) is 5.30. The second-order valence-corrected chi connectivity index (χ2v) is 5.98. The molecule has 6 nitrogen and oxygen atoms in total. The van der Waals surface area contributed by atoms with Crippen molar-refractivity contribution in [3.05, 3.63) is 81.8 Å². The van der Waals surface area contributed by atoms with Gasteiger partial charge in [0.15, 0.2) is 0 Å². The van der Waals surface area contributed by atoms with Crippen LogP contribution in [-0.4, -0.2) is 29.5 Å². The predicted molar refractivity (Wildman–Crippen MR) is 94.2 cm³/mol. The summed E-state index contributed by atoms with van der Waals surface area (Å²) in [5, 5.41) is 11.1. The second kappa shape index (κ2) is 7.81. The minimum atomic E-state index is -0.448. The second-order valence-electron chi connectivity index (χ2n) is 5.98. The average molecular weight is 340 g/mol. The molecule has 0 aliphatic carbocycles. The number of aryl methyl sites for hydroxylation is 1. The van der Waals surface area contributed by atoms with Crippen molar-refractivity contribution >= 4 is 5.69 Å². The van der Waals surface area contributed by atoms with Crippen LogP contribution in [0.1, 0.15) is 11.1 Å². The molecule has 3 rings (SSSR count). The Morgan fingerprint density at radius 1 is 1.28 bits per heavy atom. The third kappa shape index (κ3) is 4.58. The maximum atomic E-state index is 11.1. The highest BCUT2D eigenvalue weighted by Gasteiger charge is 2.18. The van der Waals surface area contributed by atoms with Gasteiger partial charge < -0.3 is 9.47 Å². The molecule has 2 aromatic rings. The van der Waals surface area contributed by atoms with E-state index in [-0.39, 0.29) is 11.4 Å². The lowest BCUT2D eigenvalue weighted by molar-refractivity contribution is -0.385. The van der Waals surface area contributed by atoms with Crippen LogP contribution in [0.4, 0.5) is 5.69 Å². The van der Waals surface area contributed by atoms with Gasteiger partial charge in [0.05, 0.1) is 11.5 Å². The van der Waals surface area contributed by atoms with Crippen LogP contribution in [-0.2, 0) is 11.3 Å². The predicted octanol–water partition coefficient (Wildman–Crippen LogP) is 3.66. The first-order valence-electron chi connectivity index (χ1n) is 8.11. The summed E-state index contributed by atoms with van der Waals surface area (Å²) >= 11 is 0. The van der Waals surface area contributed by atoms with E-state index in [1.165, 1.54) is 17.9 Å². The fourth-order valence-corrected chi connectivity index (χ4v) is 2.69. The molecule has 0 aromatic heterocycles. The number of ether oxygens (including phenoxy) is 2. The molecular weight excluding hydrogens is 320 g/mol. The van der Waals surface area contributed by atoms with Crippen LogP contribution < -0.4 is 4.74 Å². The number of nitro benzene ring substituents is 1. The number of nitrogens with zero attached hydrogens (tertiary/aromatic N) is 2. The fraction of sp³-hybridized carbons (Fsp3) is 0.263. The maximum absolute atomic E-state index is 11.1. The highest BCUT2D eigenvalue weighted by atomic mass is 16.6. The number of morpholine rings is 1. The Bertz CT molecular complexity index is 774. The van der Waals surface area contributed by atoms with Crippen LogP contribution in [0.25, 0.3) is 0 Å². The molecule has 130 valence electrons. The molecule has 1 heterocycles. The molecule has 1 fully saturated rings. The van der Waals surface area contributed by atoms with E-state index in [2.05, 4.69) is 17.0 Å². The van der Waals surface area contributed by atoms with Crippen molar-refractivity contribution in [1.29, 1.82) is 0 Å². The molecule has 0 atom stereocenters. The van der Waals surface area contributed by atoms with E-state index in [9.17, 15) is 10.1 Å². The number of rotatable bonds is 5. The normalized spacial score (nSPS) is 16.4. The van der Waals surface area contributed by atoms with Gasteiger partial charge in [0, 0.05) is 19.2 Å². The van der Waals surface area contributed by atoms with E-state index in [0.717, 1.165) is 18.7 Å². The zero-order chi connectivity index (χ0) is 17.6. The number of hydrogen-bond acceptors (Lipinski definition) is 5. The Morgan fingerprint density at radius 2 is 2.08 bits per heavy atom. The van der Waals surface area contributed by atoms with Gasteiger partial charge in [-0.15, -0.1) is 0 Å². The summed E-state index contributed by atoms with van der Waals surface area (Å²) in [6.45, 7) is 4.69. The first kappa shape index (κ1) is 17.0. The van der Waals surface area contributed by atoms with Crippen molar-refractivity contribution in [2.75, 3.05) is 19.7 Å². The van der Waals surface area contributed by atoms with Crippen LogP contribution in [0.5, 0.6) is 5.75 Å². The van der Waals surface area contributed by atoms with Crippen LogP contribution >= 0.6 is 0 Å². The Labute approximate surface area is 146 Å². The first-order chi connectivity index (χ1) is 12.1. The molecular formula is C19H20N2O4. The van der Waals surface area contributed by atoms with Crippen LogP contribution in [0.2, 0.25) is 0 Å². The molecule has 1 saturated heterocycles. The van der Waals surface area contributed by atoms with E-state index < -0.39 is 4.92 Å². The zero-order valence-corrected chi connectivity index (χ0v) is 14.1. The molecule has 0 radical (unpaired) electrons. The molecule has 0 unspecified atom stereocenters. The summed E-state index contributed by atoms with van der Waals surface area (Å²) in [5.41, 5.74) is 2.08. The first-order valence-corrected chi connectivity index (χ1v) is 8.11. The van der Waals surface area contributed by atoms with Gasteiger partial charge in [0.25, 0.3) is 0 Å². The van der Waals surface area contributed by atoms with Gasteiger partial charge >= 0.3 is 5.69 Å². The Balaban J connectivity index is 1.67. The van der Waals surface area contributed by atoms with Gasteiger partial charge in [-0.25, -0.2) is 0 Å². The van der Waals surface area contributed by atoms with E-state index >= 15 is 0 Å². The molecule has 1 aliphatic heterocycles. The smallest absolute Gasteiger partial charge is 0.311 e. The third-order valence-electron chi connectivity index (χ3n) is 3.95. The van der Waals surface area contributed by atoms with Gasteiger partial charge in [-0.3, -0.25) is 15.0 Å². The maximum Gasteiger partial charge on any atom is 0.311 e. The molecule has 25 heavy (non-hydrogen) atoms. The Morgan fingerprint density at radius 3 is 2.84 bits per heavy atom. The monoisotopic (exact) mass is 340 g/mol. The zero-order valence-electron chi connectivity index (χ0n) is 14.1. The summed E-state index contributed by atoms with van der Waals surface area (Å²) in [6, 6.07) is 15.0. The van der Waals surface area contributed by atoms with Gasteiger partial charge in [0.1, 0.15) is 18.6 Å². The van der Waals surface area contributed by atoms with Crippen molar-refractivity contribution in [3.8, 4) is 5.75 Å². The summed E-state index contributed by atoms with van der Waals surface area (Å²) in [5.74, 6) is 0.888. The van der Waals surface area contributed by atoms with Crippen molar-refractivity contribution in [3.63, 3.8) is 0 Å². The van der Waals surface area contributed by atoms with Crippen LogP contribution in [0.3, 0.4) is 0 Å². The fourth-order valence-electron chi connectivity index (χ4n) is 2.69. The number of nitro groups is 1. The third-order valence-corrected chi connectivity index (χ3v) is 3.95. The minimum absolute atomic E-state index is 0.0561. The standard InChI is InChI=1S/C19H20N2O4/c1-15-7-8-18(21(22)23)19(11-15)25-14-17-13-20(9-10-24-17)12-16-5-3-2-4-6-16/h2-8,11,14H,9-10,12-13H2,1H3. The van der Waals surface area contributed by atoms with Crippen LogP contribution in [0, 0.1) is 17.0 Å². The SMILES string of the molecule is Cc1ccc([N+](=O)[O-])c(OC=C2CN(Cc3ccccc3)CCO2)c1. The van der Waals surface area contributed by atoms with Gasteiger partial charge in [-0.2, -0.15) is 0 Å². The number of benzene rings is 2. The van der Waals surface area contributed by atoms with E-state index in [1.807, 2.05) is 25.1 Å². The van der Waals surface area contributed by atoms with Gasteiger partial charge in [-0.1, -0.05) is 36.4 Å². The molecule has 6 heteroatoms. The molecule has 2 aromatic carbocycles. The lowest BCUT2D eigenvalue weighted by atomic mass is 10.2. The van der Waals surface area contributed by atoms with E-state index in [1.54, 1.807) is 12.1 Å². The average Bonchev–Trinajstić information content (AvgIpc) is 2.61. The molecule has 0 spiro atoms. The molecule has 0 bridgehead atoms. The van der Waals surface area contributed by atoms with Crippen molar-refractivity contribution in [2.24, 2.45) is 0 Å². The van der Waals surface area contributed by atoms with E-state index in [4.69, 9.17) is 9.47 Å². The van der Waals surface area contributed by atoms with Gasteiger partial charge in [-0.05, 0) is 24.1 Å². The van der Waals surface area contributed by atoms with Crippen molar-refractivity contribution < 1.29 is 14.4 Å². The molecule has 1 aliphatic rings. The summed E-state index contributed by atoms with van der Waals surface area (Å²) in [4.78, 5) is 12.9. The topological polar surface area (TPSA) is 64.8 Å². The summed E-state index contributed by atoms with van der Waals surface area (Å²) in [7, 11) is 0. The lowest BCUT2D eigenvalue weighted by Crippen LogP contribution is -2.34. The van der Waals surface area contributed by atoms with Gasteiger partial charge in [0.2, 0.25) is 5.75 Å². The quantitative estimate of drug-likeness (QED) is 0.472. The minimum Gasteiger partial charge on any atom is -0.492 e. The molecule has 0 saturated carbocycles.